The third-order valence-corrected chi connectivity index (χ3v) is 5.41. The number of carbonyl (C=O) groups is 1. The van der Waals surface area contributed by atoms with Crippen LogP contribution in [0.25, 0.3) is 11.4 Å². The second-order valence-electron chi connectivity index (χ2n) is 8.74. The lowest BCUT2D eigenvalue weighted by molar-refractivity contribution is -0.137. The number of aromatic nitrogens is 2. The summed E-state index contributed by atoms with van der Waals surface area (Å²) in [5.41, 5.74) is 1.41. The molecule has 31 heavy (non-hydrogen) atoms. The van der Waals surface area contributed by atoms with E-state index < -0.39 is 11.7 Å². The molecule has 1 atom stereocenters. The van der Waals surface area contributed by atoms with Crippen LogP contribution in [0.1, 0.15) is 50.1 Å². The monoisotopic (exact) mass is 429 g/mol. The first-order valence-corrected chi connectivity index (χ1v) is 9.94. The Balaban J connectivity index is 1.52. The van der Waals surface area contributed by atoms with E-state index in [0.29, 0.717) is 11.7 Å². The van der Waals surface area contributed by atoms with E-state index >= 15 is 0 Å². The van der Waals surface area contributed by atoms with E-state index in [-0.39, 0.29) is 35.9 Å². The van der Waals surface area contributed by atoms with Crippen LogP contribution in [0.5, 0.6) is 0 Å². The molecule has 0 saturated carbocycles. The lowest BCUT2D eigenvalue weighted by Gasteiger charge is -2.18. The zero-order valence-corrected chi connectivity index (χ0v) is 17.4. The summed E-state index contributed by atoms with van der Waals surface area (Å²) in [7, 11) is 0. The van der Waals surface area contributed by atoms with Gasteiger partial charge in [0.1, 0.15) is 0 Å². The third-order valence-electron chi connectivity index (χ3n) is 5.41. The molecule has 0 aliphatic carbocycles. The molecular formula is C23H22F3N3O2. The highest BCUT2D eigenvalue weighted by Crippen LogP contribution is 2.36. The smallest absolute Gasteiger partial charge is 0.339 e. The second-order valence-corrected chi connectivity index (χ2v) is 8.74. The van der Waals surface area contributed by atoms with E-state index in [2.05, 4.69) is 30.9 Å². The number of hydrogen-bond acceptors (Lipinski definition) is 4. The molecule has 1 saturated heterocycles. The topological polar surface area (TPSA) is 59.2 Å². The Labute approximate surface area is 177 Å². The third kappa shape index (κ3) is 4.33. The van der Waals surface area contributed by atoms with Crippen molar-refractivity contribution >= 4 is 11.6 Å². The molecule has 1 aromatic heterocycles. The average Bonchev–Trinajstić information content (AvgIpc) is 3.34. The number of anilines is 1. The number of amides is 1. The number of alkyl halides is 3. The van der Waals surface area contributed by atoms with Crippen LogP contribution in [0.15, 0.2) is 53.1 Å². The molecular weight excluding hydrogens is 407 g/mol. The molecule has 3 aromatic rings. The Morgan fingerprint density at radius 1 is 1.03 bits per heavy atom. The summed E-state index contributed by atoms with van der Waals surface area (Å²) in [6.07, 6.45) is -4.37. The zero-order valence-electron chi connectivity index (χ0n) is 17.4. The fourth-order valence-corrected chi connectivity index (χ4v) is 3.61. The van der Waals surface area contributed by atoms with E-state index in [1.165, 1.54) is 22.6 Å². The first kappa shape index (κ1) is 21.1. The van der Waals surface area contributed by atoms with Gasteiger partial charge in [0.05, 0.1) is 11.5 Å². The normalized spacial score (nSPS) is 17.4. The molecule has 4 rings (SSSR count). The van der Waals surface area contributed by atoms with Crippen molar-refractivity contribution in [3.8, 4) is 11.4 Å². The van der Waals surface area contributed by atoms with Gasteiger partial charge in [0.25, 0.3) is 0 Å². The summed E-state index contributed by atoms with van der Waals surface area (Å²) in [6, 6.07) is 12.6. The zero-order chi connectivity index (χ0) is 22.4. The molecule has 2 heterocycles. The van der Waals surface area contributed by atoms with Gasteiger partial charge in [0, 0.05) is 24.2 Å². The first-order valence-electron chi connectivity index (χ1n) is 9.94. The Kier molecular flexibility index (Phi) is 5.11. The minimum atomic E-state index is -4.47. The molecule has 0 radical (unpaired) electrons. The lowest BCUT2D eigenvalue weighted by Crippen LogP contribution is -2.24. The maximum atomic E-state index is 13.0. The number of halogens is 3. The maximum absolute atomic E-state index is 13.0. The molecule has 1 aliphatic rings. The molecule has 8 heteroatoms. The van der Waals surface area contributed by atoms with Crippen LogP contribution in [0.4, 0.5) is 18.9 Å². The van der Waals surface area contributed by atoms with E-state index in [1.807, 2.05) is 24.3 Å². The van der Waals surface area contributed by atoms with Gasteiger partial charge >= 0.3 is 6.18 Å². The van der Waals surface area contributed by atoms with Crippen molar-refractivity contribution in [3.63, 3.8) is 0 Å². The lowest BCUT2D eigenvalue weighted by atomic mass is 9.87. The van der Waals surface area contributed by atoms with Crippen LogP contribution in [0.2, 0.25) is 0 Å². The van der Waals surface area contributed by atoms with Crippen LogP contribution in [0.3, 0.4) is 0 Å². The van der Waals surface area contributed by atoms with Crippen molar-refractivity contribution in [1.29, 1.82) is 0 Å². The largest absolute Gasteiger partial charge is 0.416 e. The number of benzene rings is 2. The van der Waals surface area contributed by atoms with Crippen molar-refractivity contribution < 1.29 is 22.5 Å². The molecule has 1 unspecified atom stereocenters. The van der Waals surface area contributed by atoms with Crippen LogP contribution < -0.4 is 4.90 Å². The highest BCUT2D eigenvalue weighted by atomic mass is 19.4. The minimum Gasteiger partial charge on any atom is -0.339 e. The standard InChI is InChI=1S/C23H22F3N3O2/c1-22(2,3)16-9-7-14(8-10-16)20-27-21(31-28-20)15-11-19(30)29(13-15)18-6-4-5-17(12-18)23(24,25)26/h4-10,12,15H,11,13H2,1-3H3. The van der Waals surface area contributed by atoms with Crippen molar-refractivity contribution in [2.24, 2.45) is 0 Å². The minimum absolute atomic E-state index is 0.0258. The maximum Gasteiger partial charge on any atom is 0.416 e. The van der Waals surface area contributed by atoms with Crippen molar-refractivity contribution in [2.45, 2.75) is 44.7 Å². The van der Waals surface area contributed by atoms with Gasteiger partial charge in [-0.05, 0) is 29.2 Å². The molecule has 162 valence electrons. The van der Waals surface area contributed by atoms with Gasteiger partial charge in [-0.1, -0.05) is 56.3 Å². The number of nitrogens with zero attached hydrogens (tertiary/aromatic N) is 3. The van der Waals surface area contributed by atoms with E-state index in [4.69, 9.17) is 4.52 Å². The van der Waals surface area contributed by atoms with Gasteiger partial charge in [-0.15, -0.1) is 0 Å². The molecule has 0 bridgehead atoms. The predicted molar refractivity (Wildman–Crippen MR) is 110 cm³/mol. The summed E-state index contributed by atoms with van der Waals surface area (Å²) >= 11 is 0. The Bertz CT molecular complexity index is 1100. The fraction of sp³-hybridized carbons (Fsp3) is 0.348. The van der Waals surface area contributed by atoms with E-state index in [9.17, 15) is 18.0 Å². The molecule has 0 N–H and O–H groups in total. The molecule has 0 spiro atoms. The van der Waals surface area contributed by atoms with Crippen molar-refractivity contribution in [3.05, 3.63) is 65.5 Å². The quantitative estimate of drug-likeness (QED) is 0.546. The van der Waals surface area contributed by atoms with Crippen LogP contribution in [-0.4, -0.2) is 22.6 Å². The first-order chi connectivity index (χ1) is 14.5. The highest BCUT2D eigenvalue weighted by molar-refractivity contribution is 5.96. The molecule has 1 fully saturated rings. The molecule has 1 amide bonds. The summed E-state index contributed by atoms with van der Waals surface area (Å²) in [6.45, 7) is 6.57. The Morgan fingerprint density at radius 3 is 2.39 bits per heavy atom. The summed E-state index contributed by atoms with van der Waals surface area (Å²) < 4.78 is 44.4. The van der Waals surface area contributed by atoms with Crippen LogP contribution >= 0.6 is 0 Å². The Morgan fingerprint density at radius 2 is 1.74 bits per heavy atom. The van der Waals surface area contributed by atoms with Gasteiger partial charge in [0.15, 0.2) is 0 Å². The molecule has 5 nitrogen and oxygen atoms in total. The Hall–Kier alpha value is -3.16. The number of hydrogen-bond donors (Lipinski definition) is 0. The number of carbonyl (C=O) groups excluding carboxylic acids is 1. The van der Waals surface area contributed by atoms with Gasteiger partial charge in [-0.2, -0.15) is 18.2 Å². The second kappa shape index (κ2) is 7.51. The van der Waals surface area contributed by atoms with E-state index in [0.717, 1.165) is 17.7 Å². The SMILES string of the molecule is CC(C)(C)c1ccc(-c2noc(C3CC(=O)N(c4cccc(C(F)(F)F)c4)C3)n2)cc1. The average molecular weight is 429 g/mol. The molecule has 2 aromatic carbocycles. The van der Waals surface area contributed by atoms with Crippen molar-refractivity contribution in [2.75, 3.05) is 11.4 Å². The summed E-state index contributed by atoms with van der Waals surface area (Å²) in [5.74, 6) is 0.0638. The number of rotatable bonds is 3. The van der Waals surface area contributed by atoms with Crippen LogP contribution in [0, 0.1) is 0 Å². The fourth-order valence-electron chi connectivity index (χ4n) is 3.61. The molecule has 1 aliphatic heterocycles. The van der Waals surface area contributed by atoms with Gasteiger partial charge in [0.2, 0.25) is 17.6 Å². The van der Waals surface area contributed by atoms with Gasteiger partial charge < -0.3 is 9.42 Å². The highest BCUT2D eigenvalue weighted by Gasteiger charge is 2.37. The van der Waals surface area contributed by atoms with Crippen molar-refractivity contribution in [1.82, 2.24) is 10.1 Å². The summed E-state index contributed by atoms with van der Waals surface area (Å²) in [4.78, 5) is 18.3. The summed E-state index contributed by atoms with van der Waals surface area (Å²) in [5, 5.41) is 4.03. The van der Waals surface area contributed by atoms with Gasteiger partial charge in [-0.25, -0.2) is 0 Å². The van der Waals surface area contributed by atoms with Crippen LogP contribution in [-0.2, 0) is 16.4 Å². The van der Waals surface area contributed by atoms with E-state index in [1.54, 1.807) is 0 Å². The van der Waals surface area contributed by atoms with Gasteiger partial charge in [-0.3, -0.25) is 4.79 Å². The predicted octanol–water partition coefficient (Wildman–Crippen LogP) is 5.57.